The van der Waals surface area contributed by atoms with Gasteiger partial charge in [0.15, 0.2) is 0 Å². The van der Waals surface area contributed by atoms with Gasteiger partial charge in [-0.05, 0) is 38.8 Å². The minimum Gasteiger partial charge on any atom is -0.207 e. The highest BCUT2D eigenvalue weighted by Crippen LogP contribution is 2.29. The van der Waals surface area contributed by atoms with Crippen LogP contribution in [-0.4, -0.2) is 24.8 Å². The maximum Gasteiger partial charge on any atom is 0.243 e. The number of benzene rings is 1. The van der Waals surface area contributed by atoms with Crippen LogP contribution in [-0.2, 0) is 10.0 Å². The highest BCUT2D eigenvalue weighted by molar-refractivity contribution is 7.89. The van der Waals surface area contributed by atoms with E-state index in [4.69, 9.17) is 0 Å². The molecule has 1 saturated heterocycles. The molecule has 1 aliphatic heterocycles. The average Bonchev–Trinajstić information content (AvgIpc) is 2.29. The van der Waals surface area contributed by atoms with Gasteiger partial charge in [0, 0.05) is 12.1 Å². The normalized spacial score (nSPS) is 26.9. The number of hydrogen-bond acceptors (Lipinski definition) is 2. The lowest BCUT2D eigenvalue weighted by molar-refractivity contribution is 0.204. The van der Waals surface area contributed by atoms with Crippen LogP contribution < -0.4 is 0 Å². The van der Waals surface area contributed by atoms with E-state index in [9.17, 15) is 8.42 Å². The van der Waals surface area contributed by atoms with Crippen molar-refractivity contribution in [2.24, 2.45) is 0 Å². The van der Waals surface area contributed by atoms with Crippen molar-refractivity contribution in [2.45, 2.75) is 50.1 Å². The summed E-state index contributed by atoms with van der Waals surface area (Å²) in [5.74, 6) is 0. The summed E-state index contributed by atoms with van der Waals surface area (Å²) in [6.45, 7) is 3.99. The molecule has 0 amide bonds. The van der Waals surface area contributed by atoms with Crippen LogP contribution in [0.1, 0.15) is 33.1 Å². The summed E-state index contributed by atoms with van der Waals surface area (Å²) in [7, 11) is -3.33. The highest BCUT2D eigenvalue weighted by atomic mass is 32.2. The first-order valence-corrected chi connectivity index (χ1v) is 7.56. The maximum absolute atomic E-state index is 12.5. The van der Waals surface area contributed by atoms with Crippen LogP contribution in [0, 0.1) is 0 Å². The number of rotatable bonds is 2. The summed E-state index contributed by atoms with van der Waals surface area (Å²) in [6.07, 6.45) is 3.02. The van der Waals surface area contributed by atoms with Crippen molar-refractivity contribution in [3.05, 3.63) is 30.3 Å². The smallest absolute Gasteiger partial charge is 0.207 e. The largest absolute Gasteiger partial charge is 0.243 e. The van der Waals surface area contributed by atoms with Crippen molar-refractivity contribution in [2.75, 3.05) is 0 Å². The van der Waals surface area contributed by atoms with Gasteiger partial charge < -0.3 is 0 Å². The molecular formula is C13H19NO2S. The zero-order chi connectivity index (χ0) is 12.5. The Bertz CT molecular complexity index is 459. The van der Waals surface area contributed by atoms with E-state index in [0.717, 1.165) is 19.3 Å². The Balaban J connectivity index is 2.38. The lowest BCUT2D eigenvalue weighted by Crippen LogP contribution is -2.47. The average molecular weight is 253 g/mol. The molecule has 4 heteroatoms. The van der Waals surface area contributed by atoms with Crippen LogP contribution in [0.5, 0.6) is 0 Å². The molecule has 0 saturated carbocycles. The topological polar surface area (TPSA) is 37.4 Å². The molecule has 0 aromatic heterocycles. The molecule has 17 heavy (non-hydrogen) atoms. The van der Waals surface area contributed by atoms with Gasteiger partial charge in [-0.15, -0.1) is 0 Å². The molecule has 0 N–H and O–H groups in total. The van der Waals surface area contributed by atoms with Crippen LogP contribution >= 0.6 is 0 Å². The first-order chi connectivity index (χ1) is 8.03. The molecule has 94 valence electrons. The number of nitrogens with zero attached hydrogens (tertiary/aromatic N) is 1. The molecule has 0 radical (unpaired) electrons. The molecule has 0 bridgehead atoms. The first kappa shape index (κ1) is 12.6. The van der Waals surface area contributed by atoms with Gasteiger partial charge in [0.25, 0.3) is 0 Å². The van der Waals surface area contributed by atoms with Crippen molar-refractivity contribution in [3.63, 3.8) is 0 Å². The van der Waals surface area contributed by atoms with E-state index in [1.165, 1.54) is 0 Å². The Labute approximate surface area is 104 Å². The van der Waals surface area contributed by atoms with Crippen LogP contribution in [0.25, 0.3) is 0 Å². The molecule has 1 aliphatic rings. The molecule has 0 unspecified atom stereocenters. The minimum atomic E-state index is -3.33. The lowest BCUT2D eigenvalue weighted by Gasteiger charge is -2.37. The minimum absolute atomic E-state index is 0.101. The van der Waals surface area contributed by atoms with Crippen molar-refractivity contribution in [3.8, 4) is 0 Å². The third kappa shape index (κ3) is 2.38. The summed E-state index contributed by atoms with van der Waals surface area (Å²) >= 11 is 0. The van der Waals surface area contributed by atoms with E-state index in [2.05, 4.69) is 0 Å². The van der Waals surface area contributed by atoms with Crippen LogP contribution in [0.2, 0.25) is 0 Å². The van der Waals surface area contributed by atoms with Crippen LogP contribution in [0.15, 0.2) is 35.2 Å². The SMILES string of the molecule is C[C@H]1CCC[C@H](C)N1S(=O)(=O)c1ccccc1. The Hall–Kier alpha value is -0.870. The summed E-state index contributed by atoms with van der Waals surface area (Å²) in [5, 5.41) is 0. The van der Waals surface area contributed by atoms with Crippen LogP contribution in [0.4, 0.5) is 0 Å². The molecule has 1 aromatic rings. The Kier molecular flexibility index (Phi) is 3.54. The monoisotopic (exact) mass is 253 g/mol. The van der Waals surface area contributed by atoms with E-state index >= 15 is 0 Å². The van der Waals surface area contributed by atoms with Gasteiger partial charge in [-0.2, -0.15) is 4.31 Å². The van der Waals surface area contributed by atoms with Gasteiger partial charge in [-0.3, -0.25) is 0 Å². The maximum atomic E-state index is 12.5. The molecule has 2 rings (SSSR count). The standard InChI is InChI=1S/C13H19NO2S/c1-11-7-6-8-12(2)14(11)17(15,16)13-9-4-3-5-10-13/h3-5,9-12H,6-8H2,1-2H3/t11-,12-/m0/s1. The van der Waals surface area contributed by atoms with E-state index in [1.807, 2.05) is 19.9 Å². The predicted octanol–water partition coefficient (Wildman–Crippen LogP) is 2.64. The van der Waals surface area contributed by atoms with Gasteiger partial charge >= 0.3 is 0 Å². The zero-order valence-electron chi connectivity index (χ0n) is 10.3. The van der Waals surface area contributed by atoms with E-state index < -0.39 is 10.0 Å². The third-order valence-corrected chi connectivity index (χ3v) is 5.57. The molecule has 1 fully saturated rings. The quantitative estimate of drug-likeness (QED) is 0.812. The summed E-state index contributed by atoms with van der Waals surface area (Å²) < 4.78 is 26.7. The fourth-order valence-corrected chi connectivity index (χ4v) is 4.49. The van der Waals surface area contributed by atoms with Gasteiger partial charge in [0.2, 0.25) is 10.0 Å². The second-order valence-electron chi connectivity index (χ2n) is 4.78. The first-order valence-electron chi connectivity index (χ1n) is 6.12. The molecule has 1 aromatic carbocycles. The van der Waals surface area contributed by atoms with Crippen molar-refractivity contribution in [1.29, 1.82) is 0 Å². The highest BCUT2D eigenvalue weighted by Gasteiger charge is 2.35. The Morgan fingerprint density at radius 2 is 1.59 bits per heavy atom. The fraction of sp³-hybridized carbons (Fsp3) is 0.538. The Morgan fingerprint density at radius 3 is 2.12 bits per heavy atom. The zero-order valence-corrected chi connectivity index (χ0v) is 11.2. The summed E-state index contributed by atoms with van der Waals surface area (Å²) in [5.41, 5.74) is 0. The Morgan fingerprint density at radius 1 is 1.06 bits per heavy atom. The fourth-order valence-electron chi connectivity index (χ4n) is 2.59. The molecule has 3 nitrogen and oxygen atoms in total. The van der Waals surface area contributed by atoms with Crippen molar-refractivity contribution >= 4 is 10.0 Å². The number of hydrogen-bond donors (Lipinski definition) is 0. The van der Waals surface area contributed by atoms with Gasteiger partial charge in [0.1, 0.15) is 0 Å². The van der Waals surface area contributed by atoms with Crippen molar-refractivity contribution < 1.29 is 8.42 Å². The lowest BCUT2D eigenvalue weighted by atomic mass is 10.0. The molecule has 0 aliphatic carbocycles. The second kappa shape index (κ2) is 4.78. The van der Waals surface area contributed by atoms with Crippen molar-refractivity contribution in [1.82, 2.24) is 4.31 Å². The number of piperidine rings is 1. The molecular weight excluding hydrogens is 234 g/mol. The summed E-state index contributed by atoms with van der Waals surface area (Å²) in [4.78, 5) is 0.403. The van der Waals surface area contributed by atoms with Gasteiger partial charge in [0.05, 0.1) is 4.90 Å². The third-order valence-electron chi connectivity index (χ3n) is 3.43. The van der Waals surface area contributed by atoms with Gasteiger partial charge in [-0.25, -0.2) is 8.42 Å². The molecule has 0 spiro atoms. The number of sulfonamides is 1. The van der Waals surface area contributed by atoms with E-state index in [1.54, 1.807) is 28.6 Å². The van der Waals surface area contributed by atoms with Crippen LogP contribution in [0.3, 0.4) is 0 Å². The second-order valence-corrected chi connectivity index (χ2v) is 6.62. The van der Waals surface area contributed by atoms with E-state index in [0.29, 0.717) is 4.90 Å². The molecule has 1 heterocycles. The molecule has 2 atom stereocenters. The van der Waals surface area contributed by atoms with Gasteiger partial charge in [-0.1, -0.05) is 24.6 Å². The van der Waals surface area contributed by atoms with E-state index in [-0.39, 0.29) is 12.1 Å². The predicted molar refractivity (Wildman–Crippen MR) is 68.2 cm³/mol. The summed E-state index contributed by atoms with van der Waals surface area (Å²) in [6, 6.07) is 8.92.